The molecule has 2 aromatic rings. The van der Waals surface area contributed by atoms with Crippen LogP contribution >= 0.6 is 11.3 Å². The molecule has 0 saturated carbocycles. The normalized spacial score (nSPS) is 15.5. The molecule has 1 amide bonds. The van der Waals surface area contributed by atoms with Crippen molar-refractivity contribution in [2.45, 2.75) is 37.5 Å². The van der Waals surface area contributed by atoms with Crippen molar-refractivity contribution in [3.63, 3.8) is 0 Å². The van der Waals surface area contributed by atoms with Gasteiger partial charge in [0.15, 0.2) is 10.8 Å². The van der Waals surface area contributed by atoms with Crippen LogP contribution in [0.1, 0.15) is 53.5 Å². The number of amides is 1. The van der Waals surface area contributed by atoms with E-state index in [9.17, 15) is 18.0 Å². The Kier molecular flexibility index (Phi) is 6.99. The lowest BCUT2D eigenvalue weighted by molar-refractivity contribution is 0.0520. The first-order valence-electron chi connectivity index (χ1n) is 9.46. The Morgan fingerprint density at radius 3 is 2.41 bits per heavy atom. The molecule has 1 aliphatic heterocycles. The fourth-order valence-electron chi connectivity index (χ4n) is 3.01. The third-order valence-corrected chi connectivity index (χ3v) is 7.20. The van der Waals surface area contributed by atoms with Gasteiger partial charge in [0.05, 0.1) is 11.5 Å². The number of esters is 1. The molecular formula is C19H23N3O5S2. The molecule has 0 bridgehead atoms. The molecule has 0 aliphatic carbocycles. The third kappa shape index (κ3) is 5.20. The molecule has 1 saturated heterocycles. The summed E-state index contributed by atoms with van der Waals surface area (Å²) in [5, 5.41) is 4.37. The van der Waals surface area contributed by atoms with E-state index in [4.69, 9.17) is 4.74 Å². The summed E-state index contributed by atoms with van der Waals surface area (Å²) >= 11 is 1.11. The number of carbonyl (C=O) groups is 2. The topological polar surface area (TPSA) is 106 Å². The van der Waals surface area contributed by atoms with Gasteiger partial charge >= 0.3 is 5.97 Å². The first-order chi connectivity index (χ1) is 13.9. The van der Waals surface area contributed by atoms with Crippen molar-refractivity contribution < 1.29 is 22.7 Å². The maximum Gasteiger partial charge on any atom is 0.357 e. The fraction of sp³-hybridized carbons (Fsp3) is 0.421. The summed E-state index contributed by atoms with van der Waals surface area (Å²) in [7, 11) is -3.56. The van der Waals surface area contributed by atoms with E-state index in [1.807, 2.05) is 0 Å². The number of hydrogen-bond acceptors (Lipinski definition) is 7. The molecule has 8 nitrogen and oxygen atoms in total. The van der Waals surface area contributed by atoms with Crippen LogP contribution in [0.5, 0.6) is 0 Å². The third-order valence-electron chi connectivity index (χ3n) is 4.53. The number of ether oxygens (including phenoxy) is 1. The van der Waals surface area contributed by atoms with Gasteiger partial charge in [0, 0.05) is 24.0 Å². The molecule has 3 rings (SSSR count). The lowest BCUT2D eigenvalue weighted by Gasteiger charge is -2.20. The van der Waals surface area contributed by atoms with E-state index in [1.165, 1.54) is 34.0 Å². The maximum absolute atomic E-state index is 12.8. The van der Waals surface area contributed by atoms with Gasteiger partial charge in [0.2, 0.25) is 10.0 Å². The van der Waals surface area contributed by atoms with E-state index < -0.39 is 21.9 Å². The molecule has 1 aromatic heterocycles. The molecule has 10 heteroatoms. The average Bonchev–Trinajstić information content (AvgIpc) is 2.99. The van der Waals surface area contributed by atoms with Crippen LogP contribution in [-0.2, 0) is 14.8 Å². The minimum Gasteiger partial charge on any atom is -0.461 e. The van der Waals surface area contributed by atoms with Crippen molar-refractivity contribution in [1.29, 1.82) is 0 Å². The van der Waals surface area contributed by atoms with Crippen molar-refractivity contribution >= 4 is 38.4 Å². The fourth-order valence-corrected chi connectivity index (χ4v) is 5.20. The van der Waals surface area contributed by atoms with Crippen LogP contribution in [0.4, 0.5) is 5.13 Å². The number of carbonyl (C=O) groups excluding carboxylic acids is 2. The monoisotopic (exact) mass is 437 g/mol. The van der Waals surface area contributed by atoms with Gasteiger partial charge in [0.25, 0.3) is 5.91 Å². The van der Waals surface area contributed by atoms with E-state index in [0.717, 1.165) is 37.0 Å². The molecule has 1 N–H and O–H groups in total. The molecule has 0 unspecified atom stereocenters. The lowest BCUT2D eigenvalue weighted by Crippen LogP contribution is -2.31. The molecule has 0 atom stereocenters. The van der Waals surface area contributed by atoms with Gasteiger partial charge in [-0.15, -0.1) is 11.3 Å². The highest BCUT2D eigenvalue weighted by Crippen LogP contribution is 2.22. The van der Waals surface area contributed by atoms with Gasteiger partial charge in [-0.2, -0.15) is 4.31 Å². The van der Waals surface area contributed by atoms with Crippen molar-refractivity contribution in [2.75, 3.05) is 25.0 Å². The second-order valence-electron chi connectivity index (χ2n) is 6.56. The summed E-state index contributed by atoms with van der Waals surface area (Å²) in [5.41, 5.74) is 0.429. The number of benzene rings is 1. The first-order valence-corrected chi connectivity index (χ1v) is 11.8. The highest BCUT2D eigenvalue weighted by atomic mass is 32.2. The number of aromatic nitrogens is 1. The van der Waals surface area contributed by atoms with Gasteiger partial charge in [-0.1, -0.05) is 12.8 Å². The summed E-state index contributed by atoms with van der Waals surface area (Å²) < 4.78 is 32.0. The van der Waals surface area contributed by atoms with Gasteiger partial charge in [0.1, 0.15) is 0 Å². The van der Waals surface area contributed by atoms with Gasteiger partial charge in [-0.3, -0.25) is 10.1 Å². The van der Waals surface area contributed by atoms with Gasteiger partial charge in [-0.25, -0.2) is 18.2 Å². The van der Waals surface area contributed by atoms with Crippen LogP contribution < -0.4 is 5.32 Å². The Morgan fingerprint density at radius 2 is 1.79 bits per heavy atom. The van der Waals surface area contributed by atoms with Crippen LogP contribution in [0.2, 0.25) is 0 Å². The molecule has 1 aromatic carbocycles. The average molecular weight is 438 g/mol. The predicted molar refractivity (Wildman–Crippen MR) is 110 cm³/mol. The Balaban J connectivity index is 1.68. The molecule has 1 fully saturated rings. The standard InChI is InChI=1S/C19H23N3O5S2/c1-2-27-18(24)16-13-28-19(20-16)21-17(23)14-7-9-15(10-8-14)29(25,26)22-11-5-3-4-6-12-22/h7-10,13H,2-6,11-12H2,1H3,(H,20,21,23). The minimum atomic E-state index is -3.56. The summed E-state index contributed by atoms with van der Waals surface area (Å²) in [4.78, 5) is 28.3. The van der Waals surface area contributed by atoms with E-state index in [2.05, 4.69) is 10.3 Å². The second-order valence-corrected chi connectivity index (χ2v) is 9.35. The number of nitrogens with zero attached hydrogens (tertiary/aromatic N) is 2. The highest BCUT2D eigenvalue weighted by Gasteiger charge is 2.25. The summed E-state index contributed by atoms with van der Waals surface area (Å²) in [6.07, 6.45) is 3.81. The zero-order valence-electron chi connectivity index (χ0n) is 16.1. The molecular weight excluding hydrogens is 414 g/mol. The Labute approximate surface area is 173 Å². The number of nitrogens with one attached hydrogen (secondary N) is 1. The minimum absolute atomic E-state index is 0.131. The first kappa shape index (κ1) is 21.4. The summed E-state index contributed by atoms with van der Waals surface area (Å²) in [6.45, 7) is 2.99. The molecule has 2 heterocycles. The number of sulfonamides is 1. The number of anilines is 1. The SMILES string of the molecule is CCOC(=O)c1csc(NC(=O)c2ccc(S(=O)(=O)N3CCCCCC3)cc2)n1. The van der Waals surface area contributed by atoms with Crippen molar-refractivity contribution in [2.24, 2.45) is 0 Å². The summed E-state index contributed by atoms with van der Waals surface area (Å²) in [6, 6.07) is 5.84. The Hall–Kier alpha value is -2.30. The predicted octanol–water partition coefficient (Wildman–Crippen LogP) is 3.14. The molecule has 0 radical (unpaired) electrons. The molecule has 29 heavy (non-hydrogen) atoms. The largest absolute Gasteiger partial charge is 0.461 e. The van der Waals surface area contributed by atoms with Crippen LogP contribution in [0, 0.1) is 0 Å². The maximum atomic E-state index is 12.8. The van der Waals surface area contributed by atoms with E-state index in [1.54, 1.807) is 6.92 Å². The zero-order valence-corrected chi connectivity index (χ0v) is 17.7. The highest BCUT2D eigenvalue weighted by molar-refractivity contribution is 7.89. The molecule has 156 valence electrons. The van der Waals surface area contributed by atoms with E-state index in [-0.39, 0.29) is 22.3 Å². The number of rotatable bonds is 6. The zero-order chi connectivity index (χ0) is 20.9. The van der Waals surface area contributed by atoms with Crippen molar-refractivity contribution in [3.8, 4) is 0 Å². The van der Waals surface area contributed by atoms with E-state index in [0.29, 0.717) is 18.7 Å². The second kappa shape index (κ2) is 9.47. The molecule has 1 aliphatic rings. The van der Waals surface area contributed by atoms with E-state index >= 15 is 0 Å². The Bertz CT molecular complexity index is 962. The number of hydrogen-bond donors (Lipinski definition) is 1. The quantitative estimate of drug-likeness (QED) is 0.696. The van der Waals surface area contributed by atoms with Crippen LogP contribution in [0.25, 0.3) is 0 Å². The van der Waals surface area contributed by atoms with Crippen molar-refractivity contribution in [3.05, 3.63) is 40.9 Å². The lowest BCUT2D eigenvalue weighted by atomic mass is 10.2. The van der Waals surface area contributed by atoms with Crippen LogP contribution in [0.15, 0.2) is 34.5 Å². The van der Waals surface area contributed by atoms with Crippen molar-refractivity contribution in [1.82, 2.24) is 9.29 Å². The van der Waals surface area contributed by atoms with Gasteiger partial charge in [-0.05, 0) is 44.0 Å². The smallest absolute Gasteiger partial charge is 0.357 e. The van der Waals surface area contributed by atoms with Gasteiger partial charge < -0.3 is 4.74 Å². The van der Waals surface area contributed by atoms with Crippen LogP contribution in [0.3, 0.4) is 0 Å². The summed E-state index contributed by atoms with van der Waals surface area (Å²) in [5.74, 6) is -0.985. The molecule has 0 spiro atoms. The van der Waals surface area contributed by atoms with Crippen LogP contribution in [-0.4, -0.2) is 49.3 Å². The number of thiazole rings is 1. The Morgan fingerprint density at radius 1 is 1.14 bits per heavy atom.